The van der Waals surface area contributed by atoms with Gasteiger partial charge in [0.2, 0.25) is 5.75 Å². The SMILES string of the molecule is CNc1ncnc(Nc2ccc3ccccc3c2)c1OC. The van der Waals surface area contributed by atoms with Crippen LogP contribution in [0, 0.1) is 0 Å². The van der Waals surface area contributed by atoms with Crippen molar-refractivity contribution in [3.63, 3.8) is 0 Å². The summed E-state index contributed by atoms with van der Waals surface area (Å²) in [5, 5.41) is 8.63. The molecule has 0 atom stereocenters. The first kappa shape index (κ1) is 13.2. The molecule has 0 unspecified atom stereocenters. The van der Waals surface area contributed by atoms with Crippen LogP contribution in [0.5, 0.6) is 5.75 Å². The predicted molar refractivity (Wildman–Crippen MR) is 85.4 cm³/mol. The fourth-order valence-corrected chi connectivity index (χ4v) is 2.24. The third-order valence-corrected chi connectivity index (χ3v) is 3.26. The van der Waals surface area contributed by atoms with Gasteiger partial charge in [-0.3, -0.25) is 0 Å². The summed E-state index contributed by atoms with van der Waals surface area (Å²) in [4.78, 5) is 8.38. The molecule has 106 valence electrons. The van der Waals surface area contributed by atoms with Gasteiger partial charge in [-0.25, -0.2) is 9.97 Å². The first-order valence-corrected chi connectivity index (χ1v) is 6.64. The van der Waals surface area contributed by atoms with E-state index in [9.17, 15) is 0 Å². The molecule has 5 heteroatoms. The van der Waals surface area contributed by atoms with E-state index < -0.39 is 0 Å². The molecule has 0 saturated carbocycles. The number of fused-ring (bicyclic) bond motifs is 1. The van der Waals surface area contributed by atoms with E-state index in [1.807, 2.05) is 18.2 Å². The van der Waals surface area contributed by atoms with E-state index in [0.717, 1.165) is 5.69 Å². The predicted octanol–water partition coefficient (Wildman–Crippen LogP) is 3.42. The van der Waals surface area contributed by atoms with Gasteiger partial charge in [0.05, 0.1) is 7.11 Å². The molecule has 21 heavy (non-hydrogen) atoms. The molecular formula is C16H16N4O. The summed E-state index contributed by atoms with van der Waals surface area (Å²) < 4.78 is 5.38. The summed E-state index contributed by atoms with van der Waals surface area (Å²) in [6, 6.07) is 14.4. The van der Waals surface area contributed by atoms with Crippen molar-refractivity contribution < 1.29 is 4.74 Å². The Balaban J connectivity index is 1.98. The Labute approximate surface area is 123 Å². The zero-order valence-corrected chi connectivity index (χ0v) is 11.9. The first-order valence-electron chi connectivity index (χ1n) is 6.64. The van der Waals surface area contributed by atoms with Crippen molar-refractivity contribution in [3.05, 3.63) is 48.8 Å². The number of aromatic nitrogens is 2. The average molecular weight is 280 g/mol. The number of hydrogen-bond donors (Lipinski definition) is 2. The molecule has 0 amide bonds. The summed E-state index contributed by atoms with van der Waals surface area (Å²) >= 11 is 0. The molecule has 2 aromatic carbocycles. The largest absolute Gasteiger partial charge is 0.490 e. The maximum absolute atomic E-state index is 5.38. The number of hydrogen-bond acceptors (Lipinski definition) is 5. The van der Waals surface area contributed by atoms with Gasteiger partial charge < -0.3 is 15.4 Å². The smallest absolute Gasteiger partial charge is 0.204 e. The Morgan fingerprint density at radius 2 is 1.71 bits per heavy atom. The highest BCUT2D eigenvalue weighted by Crippen LogP contribution is 2.31. The fourth-order valence-electron chi connectivity index (χ4n) is 2.24. The second-order valence-corrected chi connectivity index (χ2v) is 4.54. The van der Waals surface area contributed by atoms with E-state index in [0.29, 0.717) is 17.4 Å². The summed E-state index contributed by atoms with van der Waals surface area (Å²) in [5.74, 6) is 1.87. The van der Waals surface area contributed by atoms with Crippen LogP contribution in [0.2, 0.25) is 0 Å². The standard InChI is InChI=1S/C16H16N4O/c1-17-15-14(21-2)16(19-10-18-15)20-13-8-7-11-5-3-4-6-12(11)9-13/h3-10H,1-2H3,(H2,17,18,19,20). The van der Waals surface area contributed by atoms with Crippen LogP contribution in [0.3, 0.4) is 0 Å². The Hall–Kier alpha value is -2.82. The number of ether oxygens (including phenoxy) is 1. The van der Waals surface area contributed by atoms with Crippen LogP contribution in [0.25, 0.3) is 10.8 Å². The highest BCUT2D eigenvalue weighted by molar-refractivity contribution is 5.86. The summed E-state index contributed by atoms with van der Waals surface area (Å²) in [7, 11) is 3.40. The maximum Gasteiger partial charge on any atom is 0.204 e. The molecule has 0 aliphatic rings. The Bertz CT molecular complexity index is 773. The van der Waals surface area contributed by atoms with E-state index in [-0.39, 0.29) is 0 Å². The van der Waals surface area contributed by atoms with Crippen molar-refractivity contribution in [2.24, 2.45) is 0 Å². The van der Waals surface area contributed by atoms with Gasteiger partial charge in [0.15, 0.2) is 11.6 Å². The molecule has 2 N–H and O–H groups in total. The molecule has 1 heterocycles. The van der Waals surface area contributed by atoms with Gasteiger partial charge in [-0.2, -0.15) is 0 Å². The van der Waals surface area contributed by atoms with Crippen LogP contribution in [-0.4, -0.2) is 24.1 Å². The van der Waals surface area contributed by atoms with E-state index in [4.69, 9.17) is 4.74 Å². The van der Waals surface area contributed by atoms with Gasteiger partial charge in [0.25, 0.3) is 0 Å². The molecule has 0 spiro atoms. The number of benzene rings is 2. The molecule has 0 bridgehead atoms. The van der Waals surface area contributed by atoms with Gasteiger partial charge in [0, 0.05) is 12.7 Å². The minimum atomic E-state index is 0.591. The Morgan fingerprint density at radius 3 is 2.48 bits per heavy atom. The van der Waals surface area contributed by atoms with Crippen molar-refractivity contribution in [1.82, 2.24) is 9.97 Å². The van der Waals surface area contributed by atoms with E-state index in [1.54, 1.807) is 14.2 Å². The topological polar surface area (TPSA) is 59.1 Å². The van der Waals surface area contributed by atoms with Crippen LogP contribution < -0.4 is 15.4 Å². The summed E-state index contributed by atoms with van der Waals surface area (Å²) in [5.41, 5.74) is 0.952. The van der Waals surface area contributed by atoms with E-state index in [1.165, 1.54) is 17.1 Å². The second kappa shape index (κ2) is 5.66. The highest BCUT2D eigenvalue weighted by Gasteiger charge is 2.11. The lowest BCUT2D eigenvalue weighted by Crippen LogP contribution is -2.03. The minimum absolute atomic E-state index is 0.591. The van der Waals surface area contributed by atoms with Crippen LogP contribution in [0.4, 0.5) is 17.3 Å². The molecule has 0 aliphatic carbocycles. The lowest BCUT2D eigenvalue weighted by Gasteiger charge is -2.13. The molecule has 0 aliphatic heterocycles. The minimum Gasteiger partial charge on any atom is -0.490 e. The van der Waals surface area contributed by atoms with Gasteiger partial charge in [-0.05, 0) is 22.9 Å². The zero-order valence-electron chi connectivity index (χ0n) is 11.9. The number of nitrogens with zero attached hydrogens (tertiary/aromatic N) is 2. The molecule has 0 saturated heterocycles. The van der Waals surface area contributed by atoms with Crippen molar-refractivity contribution in [3.8, 4) is 5.75 Å². The third-order valence-electron chi connectivity index (χ3n) is 3.26. The van der Waals surface area contributed by atoms with Gasteiger partial charge in [0.1, 0.15) is 6.33 Å². The average Bonchev–Trinajstić information content (AvgIpc) is 2.54. The molecule has 5 nitrogen and oxygen atoms in total. The fraction of sp³-hybridized carbons (Fsp3) is 0.125. The van der Waals surface area contributed by atoms with Crippen molar-refractivity contribution in [1.29, 1.82) is 0 Å². The van der Waals surface area contributed by atoms with Crippen LogP contribution in [0.1, 0.15) is 0 Å². The Morgan fingerprint density at radius 1 is 0.952 bits per heavy atom. The van der Waals surface area contributed by atoms with Crippen molar-refractivity contribution in [2.75, 3.05) is 24.8 Å². The van der Waals surface area contributed by atoms with Crippen LogP contribution in [-0.2, 0) is 0 Å². The number of rotatable bonds is 4. The summed E-state index contributed by atoms with van der Waals surface area (Å²) in [6.07, 6.45) is 1.50. The van der Waals surface area contributed by atoms with Gasteiger partial charge in [-0.1, -0.05) is 30.3 Å². The maximum atomic E-state index is 5.38. The molecular weight excluding hydrogens is 264 g/mol. The third kappa shape index (κ3) is 2.58. The monoisotopic (exact) mass is 280 g/mol. The van der Waals surface area contributed by atoms with Gasteiger partial charge >= 0.3 is 0 Å². The Kier molecular flexibility index (Phi) is 3.55. The van der Waals surface area contributed by atoms with E-state index >= 15 is 0 Å². The van der Waals surface area contributed by atoms with Crippen molar-refractivity contribution in [2.45, 2.75) is 0 Å². The van der Waals surface area contributed by atoms with Crippen LogP contribution in [0.15, 0.2) is 48.8 Å². The molecule has 3 rings (SSSR count). The number of methoxy groups -OCH3 is 1. The summed E-state index contributed by atoms with van der Waals surface area (Å²) in [6.45, 7) is 0. The number of anilines is 3. The lowest BCUT2D eigenvalue weighted by molar-refractivity contribution is 0.415. The normalized spacial score (nSPS) is 10.4. The molecule has 3 aromatic rings. The highest BCUT2D eigenvalue weighted by atomic mass is 16.5. The lowest BCUT2D eigenvalue weighted by atomic mass is 10.1. The molecule has 0 fully saturated rings. The van der Waals surface area contributed by atoms with Crippen molar-refractivity contribution >= 4 is 28.1 Å². The molecule has 0 radical (unpaired) electrons. The van der Waals surface area contributed by atoms with Gasteiger partial charge in [-0.15, -0.1) is 0 Å². The molecule has 1 aromatic heterocycles. The van der Waals surface area contributed by atoms with Crippen LogP contribution >= 0.6 is 0 Å². The first-order chi connectivity index (χ1) is 10.3. The quantitative estimate of drug-likeness (QED) is 0.766. The number of nitrogens with one attached hydrogen (secondary N) is 2. The zero-order chi connectivity index (χ0) is 14.7. The second-order valence-electron chi connectivity index (χ2n) is 4.54. The van der Waals surface area contributed by atoms with E-state index in [2.05, 4.69) is 44.9 Å².